The van der Waals surface area contributed by atoms with Crippen molar-refractivity contribution in [2.75, 3.05) is 0 Å². The van der Waals surface area contributed by atoms with Gasteiger partial charge in [-0.25, -0.2) is 15.0 Å². The molecule has 3 aliphatic carbocycles. The van der Waals surface area contributed by atoms with Gasteiger partial charge in [0, 0.05) is 16.7 Å². The van der Waals surface area contributed by atoms with Crippen LogP contribution >= 0.6 is 0 Å². The van der Waals surface area contributed by atoms with Crippen molar-refractivity contribution >= 4 is 0 Å². The van der Waals surface area contributed by atoms with E-state index >= 15 is 0 Å². The molecule has 0 bridgehead atoms. The lowest BCUT2D eigenvalue weighted by Gasteiger charge is -2.48. The predicted octanol–water partition coefficient (Wildman–Crippen LogP) is 11.9. The molecule has 2 atom stereocenters. The number of hydrogen-bond donors (Lipinski definition) is 0. The van der Waals surface area contributed by atoms with E-state index in [2.05, 4.69) is 164 Å². The lowest BCUT2D eigenvalue weighted by molar-refractivity contribution is 0.636. The van der Waals surface area contributed by atoms with Gasteiger partial charge in [0.05, 0.1) is 10.8 Å². The highest BCUT2D eigenvalue weighted by Gasteiger charge is 2.59. The number of hydrogen-bond acceptors (Lipinski definition) is 3. The van der Waals surface area contributed by atoms with Crippen LogP contribution in [0.25, 0.3) is 56.4 Å². The molecule has 2 unspecified atom stereocenters. The fourth-order valence-corrected chi connectivity index (χ4v) is 10.4. The molecule has 8 aromatic carbocycles. The van der Waals surface area contributed by atoms with Gasteiger partial charge in [0.1, 0.15) is 0 Å². The van der Waals surface area contributed by atoms with Crippen molar-refractivity contribution in [3.8, 4) is 56.4 Å². The Labute approximate surface area is 325 Å². The summed E-state index contributed by atoms with van der Waals surface area (Å²) >= 11 is 0. The molecule has 12 rings (SSSR count). The van der Waals surface area contributed by atoms with Gasteiger partial charge in [0.15, 0.2) is 17.5 Å². The Morgan fingerprint density at radius 2 is 0.696 bits per heavy atom. The number of fused-ring (bicyclic) bond motifs is 12. The van der Waals surface area contributed by atoms with E-state index in [-0.39, 0.29) is 0 Å². The van der Waals surface area contributed by atoms with Gasteiger partial charge < -0.3 is 0 Å². The van der Waals surface area contributed by atoms with Crippen molar-refractivity contribution in [3.63, 3.8) is 0 Å². The first-order valence-electron chi connectivity index (χ1n) is 19.3. The summed E-state index contributed by atoms with van der Waals surface area (Å²) in [6, 6.07) is 72.7. The maximum absolute atomic E-state index is 5.26. The predicted molar refractivity (Wildman–Crippen MR) is 224 cm³/mol. The third-order valence-electron chi connectivity index (χ3n) is 12.4. The van der Waals surface area contributed by atoms with Crippen LogP contribution in [0.1, 0.15) is 44.5 Å². The van der Waals surface area contributed by atoms with E-state index in [1.54, 1.807) is 0 Å². The number of rotatable bonds is 4. The summed E-state index contributed by atoms with van der Waals surface area (Å²) in [5, 5.41) is 0. The molecule has 9 aromatic rings. The van der Waals surface area contributed by atoms with Crippen LogP contribution in [0.2, 0.25) is 0 Å². The van der Waals surface area contributed by atoms with Gasteiger partial charge in [0.25, 0.3) is 0 Å². The molecule has 0 radical (unpaired) electrons. The van der Waals surface area contributed by atoms with E-state index in [1.165, 1.54) is 66.8 Å². The number of aromatic nitrogens is 3. The fraction of sp³-hybridized carbons (Fsp3) is 0.0377. The summed E-state index contributed by atoms with van der Waals surface area (Å²) in [4.78, 5) is 15.6. The minimum Gasteiger partial charge on any atom is -0.208 e. The molecule has 0 saturated heterocycles. The Morgan fingerprint density at radius 1 is 0.268 bits per heavy atom. The second-order valence-corrected chi connectivity index (χ2v) is 15.0. The quantitative estimate of drug-likeness (QED) is 0.182. The van der Waals surface area contributed by atoms with E-state index in [0.29, 0.717) is 17.5 Å². The van der Waals surface area contributed by atoms with E-state index in [1.807, 2.05) is 36.4 Å². The molecule has 0 aliphatic heterocycles. The lowest BCUT2D eigenvalue weighted by atomic mass is 9.52. The second kappa shape index (κ2) is 11.6. The van der Waals surface area contributed by atoms with Crippen molar-refractivity contribution < 1.29 is 0 Å². The zero-order chi connectivity index (χ0) is 36.8. The first-order chi connectivity index (χ1) is 27.8. The highest BCUT2D eigenvalue weighted by molar-refractivity contribution is 5.99. The van der Waals surface area contributed by atoms with Crippen LogP contribution in [0, 0.1) is 0 Å². The van der Waals surface area contributed by atoms with E-state index in [0.717, 1.165) is 16.7 Å². The third-order valence-corrected chi connectivity index (χ3v) is 12.4. The standard InChI is InChI=1S/C53H33N3/c1-4-18-34(19-5-1)49-54-50(35-20-6-2-7-21-35)56-51(55-49)40-27-17-32-45-47(40)39-25-11-13-29-42(39)53(45)44-31-15-14-30-43(44)52(36-22-8-3-9-23-36)41-28-12-10-24-37(41)38-26-16-33-46(53)48(38)52/h1-33H. The van der Waals surface area contributed by atoms with Crippen LogP contribution in [0.3, 0.4) is 0 Å². The van der Waals surface area contributed by atoms with Crippen molar-refractivity contribution in [2.45, 2.75) is 10.8 Å². The zero-order valence-electron chi connectivity index (χ0n) is 30.4. The van der Waals surface area contributed by atoms with Gasteiger partial charge in [-0.1, -0.05) is 200 Å². The Balaban J connectivity index is 1.21. The molecule has 0 saturated carbocycles. The molecule has 1 spiro atoms. The molecule has 1 heterocycles. The molecule has 0 N–H and O–H groups in total. The summed E-state index contributed by atoms with van der Waals surface area (Å²) in [6.45, 7) is 0. The van der Waals surface area contributed by atoms with Gasteiger partial charge >= 0.3 is 0 Å². The summed E-state index contributed by atoms with van der Waals surface area (Å²) in [5.41, 5.74) is 17.3. The fourth-order valence-electron chi connectivity index (χ4n) is 10.4. The number of nitrogens with zero attached hydrogens (tertiary/aromatic N) is 3. The average molecular weight is 712 g/mol. The number of benzene rings is 8. The summed E-state index contributed by atoms with van der Waals surface area (Å²) in [6.07, 6.45) is 0. The van der Waals surface area contributed by atoms with Crippen molar-refractivity contribution in [3.05, 3.63) is 245 Å². The van der Waals surface area contributed by atoms with Gasteiger partial charge in [0.2, 0.25) is 0 Å². The molecule has 3 nitrogen and oxygen atoms in total. The van der Waals surface area contributed by atoms with Crippen molar-refractivity contribution in [1.82, 2.24) is 15.0 Å². The van der Waals surface area contributed by atoms with Crippen LogP contribution in [0.5, 0.6) is 0 Å². The summed E-state index contributed by atoms with van der Waals surface area (Å²) in [7, 11) is 0. The molecular weight excluding hydrogens is 679 g/mol. The van der Waals surface area contributed by atoms with Gasteiger partial charge in [-0.05, 0) is 66.8 Å². The van der Waals surface area contributed by atoms with Gasteiger partial charge in [-0.3, -0.25) is 0 Å². The topological polar surface area (TPSA) is 38.7 Å². The lowest BCUT2D eigenvalue weighted by Crippen LogP contribution is -2.43. The van der Waals surface area contributed by atoms with Crippen molar-refractivity contribution in [2.24, 2.45) is 0 Å². The van der Waals surface area contributed by atoms with Crippen LogP contribution < -0.4 is 0 Å². The molecule has 3 aliphatic rings. The Hall–Kier alpha value is -7.23. The SMILES string of the molecule is c1ccc(-c2nc(-c3ccccc3)nc(-c3cccc4c3-c3ccccc3C43c4ccccc4C4(c5ccccc5)c5ccccc5-c5cccc3c54)n2)cc1. The Kier molecular flexibility index (Phi) is 6.47. The molecular formula is C53H33N3. The van der Waals surface area contributed by atoms with Gasteiger partial charge in [-0.15, -0.1) is 0 Å². The minimum absolute atomic E-state index is 0.482. The zero-order valence-corrected chi connectivity index (χ0v) is 30.4. The van der Waals surface area contributed by atoms with Crippen LogP contribution in [0.15, 0.2) is 200 Å². The van der Waals surface area contributed by atoms with Crippen molar-refractivity contribution in [1.29, 1.82) is 0 Å². The highest BCUT2D eigenvalue weighted by atomic mass is 15.0. The second-order valence-electron chi connectivity index (χ2n) is 15.0. The monoisotopic (exact) mass is 711 g/mol. The summed E-state index contributed by atoms with van der Waals surface area (Å²) in [5.74, 6) is 1.97. The molecule has 0 amide bonds. The average Bonchev–Trinajstić information content (AvgIpc) is 3.76. The largest absolute Gasteiger partial charge is 0.208 e. The molecule has 56 heavy (non-hydrogen) atoms. The van der Waals surface area contributed by atoms with E-state index < -0.39 is 10.8 Å². The van der Waals surface area contributed by atoms with Gasteiger partial charge in [-0.2, -0.15) is 0 Å². The molecule has 3 heteroatoms. The summed E-state index contributed by atoms with van der Waals surface area (Å²) < 4.78 is 0. The molecule has 1 aromatic heterocycles. The van der Waals surface area contributed by atoms with E-state index in [4.69, 9.17) is 15.0 Å². The Morgan fingerprint density at radius 3 is 1.34 bits per heavy atom. The van der Waals surface area contributed by atoms with Crippen LogP contribution in [0.4, 0.5) is 0 Å². The van der Waals surface area contributed by atoms with E-state index in [9.17, 15) is 0 Å². The Bertz CT molecular complexity index is 2970. The smallest absolute Gasteiger partial charge is 0.164 e. The van der Waals surface area contributed by atoms with Crippen LogP contribution in [-0.2, 0) is 10.8 Å². The third kappa shape index (κ3) is 3.94. The maximum atomic E-state index is 5.26. The maximum Gasteiger partial charge on any atom is 0.164 e. The van der Waals surface area contributed by atoms with Crippen LogP contribution in [-0.4, -0.2) is 15.0 Å². The molecule has 0 fully saturated rings. The first kappa shape index (κ1) is 31.2. The molecule has 260 valence electrons. The minimum atomic E-state index is -0.595. The highest BCUT2D eigenvalue weighted by Crippen LogP contribution is 2.69. The normalized spacial score (nSPS) is 17.8. The first-order valence-corrected chi connectivity index (χ1v) is 19.3.